The largest absolute Gasteiger partial charge is 0.456 e. The van der Waals surface area contributed by atoms with Crippen molar-refractivity contribution in [2.75, 3.05) is 6.61 Å². The molecule has 0 saturated carbocycles. The van der Waals surface area contributed by atoms with Crippen molar-refractivity contribution in [3.05, 3.63) is 77.8 Å². The fourth-order valence-electron chi connectivity index (χ4n) is 3.21. The monoisotopic (exact) mass is 456 g/mol. The number of benzene rings is 2. The van der Waals surface area contributed by atoms with Crippen molar-refractivity contribution in [2.45, 2.75) is 45.7 Å². The van der Waals surface area contributed by atoms with Crippen molar-refractivity contribution in [3.8, 4) is 11.3 Å². The molecule has 6 nitrogen and oxygen atoms in total. The smallest absolute Gasteiger partial charge is 0.306 e. The van der Waals surface area contributed by atoms with Crippen LogP contribution in [0.5, 0.6) is 0 Å². The molecular formula is C25H26F2N2O4. The summed E-state index contributed by atoms with van der Waals surface area (Å²) < 4.78 is 37.6. The lowest BCUT2D eigenvalue weighted by Crippen LogP contribution is -2.46. The van der Waals surface area contributed by atoms with Gasteiger partial charge in [0.2, 0.25) is 0 Å². The van der Waals surface area contributed by atoms with Gasteiger partial charge in [-0.05, 0) is 38.5 Å². The topological polar surface area (TPSA) is 72.6 Å². The molecule has 0 aliphatic rings. The van der Waals surface area contributed by atoms with Crippen LogP contribution >= 0.6 is 0 Å². The molecule has 0 saturated heterocycles. The molecule has 174 valence electrons. The zero-order valence-electron chi connectivity index (χ0n) is 18.8. The Bertz CT molecular complexity index is 1110. The zero-order chi connectivity index (χ0) is 24.0. The van der Waals surface area contributed by atoms with Gasteiger partial charge in [0.05, 0.1) is 18.2 Å². The number of halogens is 2. The summed E-state index contributed by atoms with van der Waals surface area (Å²) in [6.07, 6.45) is 1.36. The Hall–Kier alpha value is -3.55. The van der Waals surface area contributed by atoms with E-state index in [4.69, 9.17) is 9.15 Å². The van der Waals surface area contributed by atoms with Gasteiger partial charge in [-0.1, -0.05) is 30.3 Å². The number of amides is 1. The van der Waals surface area contributed by atoms with Gasteiger partial charge >= 0.3 is 5.97 Å². The van der Waals surface area contributed by atoms with E-state index in [1.54, 1.807) is 4.90 Å². The third kappa shape index (κ3) is 6.71. The van der Waals surface area contributed by atoms with Crippen LogP contribution in [0.25, 0.3) is 11.3 Å². The van der Waals surface area contributed by atoms with Gasteiger partial charge in [-0.25, -0.2) is 13.8 Å². The number of aryl methyl sites for hydroxylation is 1. The highest BCUT2D eigenvalue weighted by Crippen LogP contribution is 2.24. The lowest BCUT2D eigenvalue weighted by molar-refractivity contribution is -0.154. The molecule has 0 radical (unpaired) electrons. The molecule has 8 heteroatoms. The molecule has 3 aromatic rings. The number of nitrogens with zero attached hydrogens (tertiary/aromatic N) is 2. The average Bonchev–Trinajstić information content (AvgIpc) is 3.23. The Morgan fingerprint density at radius 1 is 1.09 bits per heavy atom. The van der Waals surface area contributed by atoms with E-state index in [0.717, 1.165) is 17.7 Å². The number of carbonyl (C=O) groups excluding carboxylic acids is 2. The molecule has 2 aromatic carbocycles. The molecule has 0 spiro atoms. The van der Waals surface area contributed by atoms with Gasteiger partial charge in [0.1, 0.15) is 11.6 Å². The molecule has 0 atom stereocenters. The van der Waals surface area contributed by atoms with Crippen LogP contribution in [0.2, 0.25) is 0 Å². The van der Waals surface area contributed by atoms with Gasteiger partial charge in [-0.2, -0.15) is 0 Å². The summed E-state index contributed by atoms with van der Waals surface area (Å²) in [7, 11) is 0. The second-order valence-corrected chi connectivity index (χ2v) is 8.54. The maximum Gasteiger partial charge on any atom is 0.306 e. The summed E-state index contributed by atoms with van der Waals surface area (Å²) in [6, 6.07) is 12.7. The fraction of sp³-hybridized carbons (Fsp3) is 0.320. The van der Waals surface area contributed by atoms with Crippen molar-refractivity contribution >= 4 is 11.9 Å². The molecular weight excluding hydrogens is 430 g/mol. The minimum absolute atomic E-state index is 0.0622. The van der Waals surface area contributed by atoms with Gasteiger partial charge in [-0.3, -0.25) is 9.59 Å². The first-order valence-corrected chi connectivity index (χ1v) is 10.5. The van der Waals surface area contributed by atoms with E-state index in [1.165, 1.54) is 12.3 Å². The number of hydrogen-bond donors (Lipinski definition) is 0. The molecule has 1 aromatic heterocycles. The summed E-state index contributed by atoms with van der Waals surface area (Å²) >= 11 is 0. The molecule has 0 aliphatic carbocycles. The van der Waals surface area contributed by atoms with Crippen LogP contribution < -0.4 is 0 Å². The second-order valence-electron chi connectivity index (χ2n) is 8.54. The Balaban J connectivity index is 1.52. The molecule has 3 rings (SSSR count). The van der Waals surface area contributed by atoms with E-state index in [9.17, 15) is 18.4 Å². The summed E-state index contributed by atoms with van der Waals surface area (Å²) in [5, 5.41) is 0. The minimum atomic E-state index is -0.769. The standard InChI is InChI=1S/C25H26F2N2O4/c1-25(2,3)29(15-17-7-5-4-6-8-17)23(30)16-32-24(31)12-11-22-28-14-21(33-22)19-10-9-18(26)13-20(19)27/h4-10,13-14H,11-12,15-16H2,1-3H3. The van der Waals surface area contributed by atoms with E-state index in [2.05, 4.69) is 4.98 Å². The number of rotatable bonds is 8. The summed E-state index contributed by atoms with van der Waals surface area (Å²) in [6.45, 7) is 5.78. The molecule has 0 N–H and O–H groups in total. The van der Waals surface area contributed by atoms with Crippen LogP contribution in [0, 0.1) is 11.6 Å². The van der Waals surface area contributed by atoms with Gasteiger partial charge in [-0.15, -0.1) is 0 Å². The predicted molar refractivity (Wildman–Crippen MR) is 118 cm³/mol. The van der Waals surface area contributed by atoms with E-state index in [-0.39, 0.29) is 42.6 Å². The first-order chi connectivity index (χ1) is 15.6. The van der Waals surface area contributed by atoms with E-state index in [0.29, 0.717) is 6.54 Å². The number of carbonyl (C=O) groups is 2. The third-order valence-electron chi connectivity index (χ3n) is 4.94. The number of aromatic nitrogens is 1. The zero-order valence-corrected chi connectivity index (χ0v) is 18.8. The van der Waals surface area contributed by atoms with Crippen molar-refractivity contribution in [1.29, 1.82) is 0 Å². The van der Waals surface area contributed by atoms with Crippen LogP contribution in [0.1, 0.15) is 38.6 Å². The molecule has 1 amide bonds. The molecule has 0 fully saturated rings. The molecule has 0 bridgehead atoms. The lowest BCUT2D eigenvalue weighted by Gasteiger charge is -2.35. The van der Waals surface area contributed by atoms with E-state index < -0.39 is 23.1 Å². The maximum absolute atomic E-state index is 13.9. The maximum atomic E-state index is 13.9. The summed E-state index contributed by atoms with van der Waals surface area (Å²) in [4.78, 5) is 30.6. The van der Waals surface area contributed by atoms with Crippen molar-refractivity contribution in [3.63, 3.8) is 0 Å². The van der Waals surface area contributed by atoms with Crippen LogP contribution in [-0.2, 0) is 27.3 Å². The van der Waals surface area contributed by atoms with Crippen molar-refractivity contribution in [1.82, 2.24) is 9.88 Å². The molecule has 0 unspecified atom stereocenters. The average molecular weight is 456 g/mol. The van der Waals surface area contributed by atoms with Crippen LogP contribution in [0.3, 0.4) is 0 Å². The first kappa shape index (κ1) is 24.1. The molecule has 33 heavy (non-hydrogen) atoms. The Morgan fingerprint density at radius 3 is 2.48 bits per heavy atom. The van der Waals surface area contributed by atoms with Crippen LogP contribution in [0.15, 0.2) is 59.1 Å². The van der Waals surface area contributed by atoms with Gasteiger partial charge in [0.25, 0.3) is 5.91 Å². The quantitative estimate of drug-likeness (QED) is 0.450. The predicted octanol–water partition coefficient (Wildman–Crippen LogP) is 4.92. The Morgan fingerprint density at radius 2 is 1.82 bits per heavy atom. The van der Waals surface area contributed by atoms with Crippen LogP contribution in [0.4, 0.5) is 8.78 Å². The minimum Gasteiger partial charge on any atom is -0.456 e. The highest BCUT2D eigenvalue weighted by Gasteiger charge is 2.27. The number of esters is 1. The Kier molecular flexibility index (Phi) is 7.58. The van der Waals surface area contributed by atoms with E-state index in [1.807, 2.05) is 51.1 Å². The normalized spacial score (nSPS) is 11.3. The van der Waals surface area contributed by atoms with Gasteiger partial charge in [0, 0.05) is 24.6 Å². The Labute approximate surface area is 191 Å². The summed E-state index contributed by atoms with van der Waals surface area (Å²) in [5.74, 6) is -2.00. The molecule has 1 heterocycles. The number of oxazole rings is 1. The summed E-state index contributed by atoms with van der Waals surface area (Å²) in [5.41, 5.74) is 0.595. The van der Waals surface area contributed by atoms with Crippen LogP contribution in [-0.4, -0.2) is 33.9 Å². The lowest BCUT2D eigenvalue weighted by atomic mass is 10.0. The first-order valence-electron chi connectivity index (χ1n) is 10.5. The fourth-order valence-corrected chi connectivity index (χ4v) is 3.21. The third-order valence-corrected chi connectivity index (χ3v) is 4.94. The highest BCUT2D eigenvalue weighted by atomic mass is 19.1. The van der Waals surface area contributed by atoms with E-state index >= 15 is 0 Å². The van der Waals surface area contributed by atoms with Gasteiger partial charge in [0.15, 0.2) is 18.3 Å². The highest BCUT2D eigenvalue weighted by molar-refractivity contribution is 5.81. The molecule has 0 aliphatic heterocycles. The SMILES string of the molecule is CC(C)(C)N(Cc1ccccc1)C(=O)COC(=O)CCc1ncc(-c2ccc(F)cc2F)o1. The second kappa shape index (κ2) is 10.4. The number of ether oxygens (including phenoxy) is 1. The van der Waals surface area contributed by atoms with Gasteiger partial charge < -0.3 is 14.1 Å². The van der Waals surface area contributed by atoms with Crippen molar-refractivity contribution in [2.24, 2.45) is 0 Å². The van der Waals surface area contributed by atoms with Crippen molar-refractivity contribution < 1.29 is 27.5 Å². The number of hydrogen-bond acceptors (Lipinski definition) is 5.